The van der Waals surface area contributed by atoms with E-state index in [1.165, 1.54) is 23.4 Å². The highest BCUT2D eigenvalue weighted by Gasteiger charge is 2.37. The van der Waals surface area contributed by atoms with Crippen molar-refractivity contribution in [3.8, 4) is 5.75 Å². The highest BCUT2D eigenvalue weighted by atomic mass is 35.5. The Morgan fingerprint density at radius 1 is 1.05 bits per heavy atom. The Morgan fingerprint density at radius 2 is 1.77 bits per heavy atom. The molecular formula is C27H30Cl2N6O4. The summed E-state index contributed by atoms with van der Waals surface area (Å²) in [6, 6.07) is 8.78. The van der Waals surface area contributed by atoms with Crippen LogP contribution in [0.3, 0.4) is 0 Å². The van der Waals surface area contributed by atoms with Crippen LogP contribution in [-0.2, 0) is 10.6 Å². The van der Waals surface area contributed by atoms with Crippen LogP contribution in [0.15, 0.2) is 42.7 Å². The molecule has 1 saturated heterocycles. The second-order valence-electron chi connectivity index (χ2n) is 8.50. The fraction of sp³-hybridized carbons (Fsp3) is 0.333. The molecule has 0 radical (unpaired) electrons. The first-order chi connectivity index (χ1) is 18.8. The minimum absolute atomic E-state index is 0.0436. The van der Waals surface area contributed by atoms with Crippen molar-refractivity contribution in [1.29, 1.82) is 0 Å². The molecule has 12 heteroatoms. The van der Waals surface area contributed by atoms with E-state index in [1.54, 1.807) is 18.2 Å². The summed E-state index contributed by atoms with van der Waals surface area (Å²) in [5.41, 5.74) is 2.74. The normalized spacial score (nSPS) is 15.3. The van der Waals surface area contributed by atoms with E-state index in [-0.39, 0.29) is 5.69 Å². The quantitative estimate of drug-likeness (QED) is 0.267. The Hall–Kier alpha value is -3.12. The van der Waals surface area contributed by atoms with Gasteiger partial charge in [-0.05, 0) is 49.4 Å². The summed E-state index contributed by atoms with van der Waals surface area (Å²) >= 11 is 12.5. The molecule has 0 aliphatic carbocycles. The minimum Gasteiger partial charge on any atom is -0.486 e. The molecule has 0 saturated carbocycles. The van der Waals surface area contributed by atoms with E-state index in [9.17, 15) is 10.2 Å². The maximum atomic E-state index is 10.6. The predicted molar refractivity (Wildman–Crippen MR) is 150 cm³/mol. The topological polar surface area (TPSA) is 130 Å². The maximum absolute atomic E-state index is 10.6. The number of ether oxygens (including phenoxy) is 2. The van der Waals surface area contributed by atoms with Gasteiger partial charge in [-0.25, -0.2) is 4.90 Å². The second-order valence-corrected chi connectivity index (χ2v) is 9.32. The van der Waals surface area contributed by atoms with E-state index < -0.39 is 12.0 Å². The number of hydrogen-bond acceptors (Lipinski definition) is 9. The number of nitrogens with zero attached hydrogens (tertiary/aromatic N) is 5. The van der Waals surface area contributed by atoms with Crippen molar-refractivity contribution in [2.24, 2.45) is 0 Å². The van der Waals surface area contributed by atoms with Crippen LogP contribution in [0.2, 0.25) is 10.0 Å². The summed E-state index contributed by atoms with van der Waals surface area (Å²) in [6.07, 6.45) is 6.19. The predicted octanol–water partition coefficient (Wildman–Crippen LogP) is 4.82. The number of aromatic nitrogens is 5. The van der Waals surface area contributed by atoms with Crippen LogP contribution >= 0.6 is 23.2 Å². The van der Waals surface area contributed by atoms with Gasteiger partial charge in [-0.1, -0.05) is 37.0 Å². The molecule has 5 rings (SSSR count). The number of H-pyrrole nitrogens is 1. The zero-order valence-corrected chi connectivity index (χ0v) is 23.3. The fourth-order valence-corrected chi connectivity index (χ4v) is 4.77. The number of aliphatic hydroxyl groups is 2. The molecular weight excluding hydrogens is 543 g/mol. The Kier molecular flexibility index (Phi) is 9.49. The molecule has 4 heterocycles. The van der Waals surface area contributed by atoms with Crippen LogP contribution in [0.5, 0.6) is 5.75 Å². The standard InChI is InChI=1S/C25H24Cl2N6O4.C2H6/c1-15(24-19(26)13-28-14-20(24)27)37-17-4-6-22-18(12-17)21(30-31-22)5-2-16-3-7-23(32-29-16)25(34,35)33-8-10-36-11-9-33;1-2/h2-7,12-15,34-35H,8-11H2,1H3,(H,30,31);1-2H3/b5-2+;. The van der Waals surface area contributed by atoms with E-state index in [0.29, 0.717) is 59.0 Å². The summed E-state index contributed by atoms with van der Waals surface area (Å²) in [4.78, 5) is 5.47. The van der Waals surface area contributed by atoms with Crippen LogP contribution in [0, 0.1) is 0 Å². The van der Waals surface area contributed by atoms with Gasteiger partial charge in [0.15, 0.2) is 0 Å². The van der Waals surface area contributed by atoms with Crippen molar-refractivity contribution >= 4 is 46.3 Å². The van der Waals surface area contributed by atoms with Gasteiger partial charge in [0.1, 0.15) is 17.5 Å². The smallest absolute Gasteiger partial charge is 0.273 e. The molecule has 1 aliphatic rings. The molecule has 4 aromatic rings. The lowest BCUT2D eigenvalue weighted by atomic mass is 10.1. The molecule has 3 N–H and O–H groups in total. The van der Waals surface area contributed by atoms with E-state index in [0.717, 1.165) is 10.9 Å². The van der Waals surface area contributed by atoms with Gasteiger partial charge in [-0.15, -0.1) is 5.10 Å². The average Bonchev–Trinajstić information content (AvgIpc) is 3.36. The van der Waals surface area contributed by atoms with Gasteiger partial charge in [0.25, 0.3) is 5.91 Å². The van der Waals surface area contributed by atoms with Crippen LogP contribution in [0.1, 0.15) is 49.5 Å². The third-order valence-electron chi connectivity index (χ3n) is 6.07. The van der Waals surface area contributed by atoms with E-state index in [4.69, 9.17) is 32.7 Å². The summed E-state index contributed by atoms with van der Waals surface area (Å²) in [7, 11) is 0. The lowest BCUT2D eigenvalue weighted by Crippen LogP contribution is -2.51. The molecule has 0 spiro atoms. The van der Waals surface area contributed by atoms with Crippen molar-refractivity contribution < 1.29 is 19.7 Å². The van der Waals surface area contributed by atoms with Crippen molar-refractivity contribution in [2.75, 3.05) is 26.3 Å². The largest absolute Gasteiger partial charge is 0.486 e. The molecule has 1 atom stereocenters. The Labute approximate surface area is 236 Å². The van der Waals surface area contributed by atoms with Crippen LogP contribution in [0.25, 0.3) is 23.1 Å². The molecule has 1 fully saturated rings. The van der Waals surface area contributed by atoms with E-state index >= 15 is 0 Å². The lowest BCUT2D eigenvalue weighted by Gasteiger charge is -2.36. The number of aromatic amines is 1. The number of morpholine rings is 1. The average molecular weight is 573 g/mol. The summed E-state index contributed by atoms with van der Waals surface area (Å²) in [5, 5.41) is 38.3. The first kappa shape index (κ1) is 28.9. The van der Waals surface area contributed by atoms with Crippen LogP contribution in [0.4, 0.5) is 0 Å². The third-order valence-corrected chi connectivity index (χ3v) is 6.67. The van der Waals surface area contributed by atoms with Crippen molar-refractivity contribution in [1.82, 2.24) is 30.3 Å². The molecule has 39 heavy (non-hydrogen) atoms. The summed E-state index contributed by atoms with van der Waals surface area (Å²) < 4.78 is 11.4. The Morgan fingerprint density at radius 3 is 2.44 bits per heavy atom. The van der Waals surface area contributed by atoms with Gasteiger partial charge >= 0.3 is 0 Å². The summed E-state index contributed by atoms with van der Waals surface area (Å²) in [5.74, 6) is -1.59. The lowest BCUT2D eigenvalue weighted by molar-refractivity contribution is -0.289. The monoisotopic (exact) mass is 572 g/mol. The highest BCUT2D eigenvalue weighted by molar-refractivity contribution is 6.35. The van der Waals surface area contributed by atoms with Crippen molar-refractivity contribution in [3.63, 3.8) is 0 Å². The molecule has 206 valence electrons. The minimum atomic E-state index is -2.21. The molecule has 1 unspecified atom stereocenters. The first-order valence-corrected chi connectivity index (χ1v) is 13.3. The molecule has 0 amide bonds. The summed E-state index contributed by atoms with van der Waals surface area (Å²) in [6.45, 7) is 7.48. The van der Waals surface area contributed by atoms with Crippen molar-refractivity contribution in [2.45, 2.75) is 32.8 Å². The van der Waals surface area contributed by atoms with E-state index in [1.807, 2.05) is 39.0 Å². The van der Waals surface area contributed by atoms with Gasteiger partial charge in [0.05, 0.1) is 40.2 Å². The maximum Gasteiger partial charge on any atom is 0.273 e. The number of pyridine rings is 1. The molecule has 3 aromatic heterocycles. The molecule has 0 bridgehead atoms. The van der Waals surface area contributed by atoms with E-state index in [2.05, 4.69) is 25.4 Å². The Balaban J connectivity index is 0.00000172. The van der Waals surface area contributed by atoms with Crippen molar-refractivity contribution in [3.05, 3.63) is 75.4 Å². The highest BCUT2D eigenvalue weighted by Crippen LogP contribution is 2.33. The number of hydrogen-bond donors (Lipinski definition) is 3. The van der Waals surface area contributed by atoms with Crippen LogP contribution in [-0.4, -0.2) is 66.8 Å². The van der Waals surface area contributed by atoms with Gasteiger partial charge < -0.3 is 19.7 Å². The number of halogens is 2. The SMILES string of the molecule is CC.CC(Oc1ccc2[nH]nc(/C=C/c3ccc(C(O)(O)N4CCOCC4)nn3)c2c1)c1c(Cl)cncc1Cl. The third kappa shape index (κ3) is 6.55. The Bertz CT molecular complexity index is 1400. The fourth-order valence-electron chi connectivity index (χ4n) is 4.10. The molecule has 10 nitrogen and oxygen atoms in total. The first-order valence-electron chi connectivity index (χ1n) is 12.6. The molecule has 1 aliphatic heterocycles. The van der Waals surface area contributed by atoms with Gasteiger partial charge in [-0.3, -0.25) is 10.1 Å². The van der Waals surface area contributed by atoms with Gasteiger partial charge in [0.2, 0.25) is 0 Å². The number of fused-ring (bicyclic) bond motifs is 1. The number of nitrogens with one attached hydrogen (secondary N) is 1. The zero-order chi connectivity index (χ0) is 28.0. The second kappa shape index (κ2) is 12.8. The van der Waals surface area contributed by atoms with Gasteiger partial charge in [0, 0.05) is 36.4 Å². The van der Waals surface area contributed by atoms with Gasteiger partial charge in [-0.2, -0.15) is 10.2 Å². The number of benzene rings is 1. The van der Waals surface area contributed by atoms with Crippen LogP contribution < -0.4 is 4.74 Å². The zero-order valence-electron chi connectivity index (χ0n) is 21.8. The molecule has 1 aromatic carbocycles. The number of rotatable bonds is 7.